The van der Waals surface area contributed by atoms with Crippen LogP contribution in [0.3, 0.4) is 0 Å². The van der Waals surface area contributed by atoms with Crippen molar-refractivity contribution in [3.63, 3.8) is 0 Å². The monoisotopic (exact) mass is 362 g/mol. The summed E-state index contributed by atoms with van der Waals surface area (Å²) in [6.45, 7) is 3.13. The molecule has 0 spiro atoms. The Labute approximate surface area is 153 Å². The average molecular weight is 363 g/mol. The van der Waals surface area contributed by atoms with Crippen molar-refractivity contribution in [3.05, 3.63) is 59.1 Å². The Morgan fingerprint density at radius 2 is 1.84 bits per heavy atom. The molecule has 0 aliphatic carbocycles. The highest BCUT2D eigenvalue weighted by Gasteiger charge is 2.14. The van der Waals surface area contributed by atoms with Crippen molar-refractivity contribution < 1.29 is 14.3 Å². The molecule has 25 heavy (non-hydrogen) atoms. The normalized spacial score (nSPS) is 11.6. The van der Waals surface area contributed by atoms with Crippen LogP contribution in [-0.4, -0.2) is 32.3 Å². The van der Waals surface area contributed by atoms with Gasteiger partial charge < -0.3 is 20.1 Å². The summed E-state index contributed by atoms with van der Waals surface area (Å²) in [5.41, 5.74) is 1.65. The van der Waals surface area contributed by atoms with Crippen LogP contribution in [0.2, 0.25) is 5.02 Å². The molecule has 0 saturated heterocycles. The quantitative estimate of drug-likeness (QED) is 0.670. The molecule has 0 heterocycles. The minimum Gasteiger partial charge on any atom is -0.489 e. The minimum atomic E-state index is -0.422. The van der Waals surface area contributed by atoms with Gasteiger partial charge in [0, 0.05) is 18.7 Å². The predicted octanol–water partition coefficient (Wildman–Crippen LogP) is 3.48. The maximum Gasteiger partial charge on any atom is 0.242 e. The molecule has 1 unspecified atom stereocenters. The number of rotatable bonds is 9. The molecule has 0 fully saturated rings. The molecule has 0 aliphatic heterocycles. The first-order valence-corrected chi connectivity index (χ1v) is 8.48. The van der Waals surface area contributed by atoms with Gasteiger partial charge in [-0.2, -0.15) is 0 Å². The molecule has 2 aromatic carbocycles. The van der Waals surface area contributed by atoms with Gasteiger partial charge in [0.25, 0.3) is 0 Å². The Morgan fingerprint density at radius 3 is 2.60 bits per heavy atom. The predicted molar refractivity (Wildman–Crippen MR) is 100 cm³/mol. The van der Waals surface area contributed by atoms with E-state index in [-0.39, 0.29) is 5.91 Å². The third-order valence-corrected chi connectivity index (χ3v) is 3.98. The number of amides is 1. The van der Waals surface area contributed by atoms with Crippen LogP contribution in [0, 0.1) is 0 Å². The first kappa shape index (κ1) is 19.1. The molecule has 0 radical (unpaired) electrons. The first-order chi connectivity index (χ1) is 12.1. The van der Waals surface area contributed by atoms with Crippen molar-refractivity contribution in [2.24, 2.45) is 0 Å². The van der Waals surface area contributed by atoms with Gasteiger partial charge in [0.15, 0.2) is 0 Å². The molecule has 2 aromatic rings. The summed E-state index contributed by atoms with van der Waals surface area (Å²) in [6.07, 6.45) is 0. The Kier molecular flexibility index (Phi) is 7.57. The van der Waals surface area contributed by atoms with Crippen LogP contribution < -0.4 is 15.4 Å². The summed E-state index contributed by atoms with van der Waals surface area (Å²) in [7, 11) is 1.62. The summed E-state index contributed by atoms with van der Waals surface area (Å²) >= 11 is 6.10. The van der Waals surface area contributed by atoms with Crippen molar-refractivity contribution in [1.82, 2.24) is 5.32 Å². The molecule has 6 heteroatoms. The highest BCUT2D eigenvalue weighted by atomic mass is 35.5. The van der Waals surface area contributed by atoms with E-state index in [1.165, 1.54) is 0 Å². The van der Waals surface area contributed by atoms with Crippen molar-refractivity contribution >= 4 is 23.2 Å². The molecular weight excluding hydrogens is 340 g/mol. The first-order valence-electron chi connectivity index (χ1n) is 8.10. The molecule has 2 N–H and O–H groups in total. The highest BCUT2D eigenvalue weighted by Crippen LogP contribution is 2.24. The van der Waals surface area contributed by atoms with Gasteiger partial charge in [-0.25, -0.2) is 0 Å². The fraction of sp³-hybridized carbons (Fsp3) is 0.316. The summed E-state index contributed by atoms with van der Waals surface area (Å²) in [6, 6.07) is 14.5. The van der Waals surface area contributed by atoms with Gasteiger partial charge >= 0.3 is 0 Å². The Balaban J connectivity index is 1.91. The number of ether oxygens (including phenoxy) is 2. The minimum absolute atomic E-state index is 0.119. The summed E-state index contributed by atoms with van der Waals surface area (Å²) in [4.78, 5) is 12.3. The number of para-hydroxylation sites is 2. The van der Waals surface area contributed by atoms with Gasteiger partial charge in [0.1, 0.15) is 18.4 Å². The molecule has 0 saturated carbocycles. The zero-order chi connectivity index (χ0) is 18.1. The van der Waals surface area contributed by atoms with Gasteiger partial charge in [-0.15, -0.1) is 0 Å². The number of carbonyl (C=O) groups is 1. The lowest BCUT2D eigenvalue weighted by Crippen LogP contribution is -2.37. The van der Waals surface area contributed by atoms with E-state index in [1.807, 2.05) is 42.5 Å². The van der Waals surface area contributed by atoms with Crippen molar-refractivity contribution in [2.45, 2.75) is 19.5 Å². The zero-order valence-electron chi connectivity index (χ0n) is 14.4. The smallest absolute Gasteiger partial charge is 0.242 e. The van der Waals surface area contributed by atoms with Crippen LogP contribution in [0.5, 0.6) is 5.75 Å². The van der Waals surface area contributed by atoms with Crippen LogP contribution in [-0.2, 0) is 16.1 Å². The number of methoxy groups -OCH3 is 1. The molecular formula is C19H23ClN2O3. The van der Waals surface area contributed by atoms with Crippen molar-refractivity contribution in [3.8, 4) is 5.75 Å². The standard InChI is InChI=1S/C19H23ClN2O3/c1-14(19(23)21-13-15-7-3-4-8-16(15)20)22-17-9-5-6-10-18(17)25-12-11-24-2/h3-10,14,22H,11-13H2,1-2H3,(H,21,23). The number of nitrogens with one attached hydrogen (secondary N) is 2. The lowest BCUT2D eigenvalue weighted by atomic mass is 10.2. The molecule has 0 aliphatic rings. The Bertz CT molecular complexity index is 694. The van der Waals surface area contributed by atoms with Crippen LogP contribution in [0.25, 0.3) is 0 Å². The number of hydrogen-bond acceptors (Lipinski definition) is 4. The largest absolute Gasteiger partial charge is 0.489 e. The summed E-state index contributed by atoms with van der Waals surface area (Å²) in [5, 5.41) is 6.70. The summed E-state index contributed by atoms with van der Waals surface area (Å²) < 4.78 is 10.7. The van der Waals surface area contributed by atoms with Crippen molar-refractivity contribution in [2.75, 3.05) is 25.6 Å². The average Bonchev–Trinajstić information content (AvgIpc) is 2.62. The van der Waals surface area contributed by atoms with E-state index in [4.69, 9.17) is 21.1 Å². The maximum atomic E-state index is 12.3. The van der Waals surface area contributed by atoms with Gasteiger partial charge in [0.05, 0.1) is 12.3 Å². The van der Waals surface area contributed by atoms with Gasteiger partial charge in [-0.3, -0.25) is 4.79 Å². The van der Waals surface area contributed by atoms with E-state index in [0.29, 0.717) is 30.5 Å². The lowest BCUT2D eigenvalue weighted by molar-refractivity contribution is -0.121. The van der Waals surface area contributed by atoms with E-state index in [0.717, 1.165) is 11.3 Å². The molecule has 5 nitrogen and oxygen atoms in total. The van der Waals surface area contributed by atoms with Crippen LogP contribution in [0.15, 0.2) is 48.5 Å². The Hall–Kier alpha value is -2.24. The lowest BCUT2D eigenvalue weighted by Gasteiger charge is -2.18. The third kappa shape index (κ3) is 5.96. The zero-order valence-corrected chi connectivity index (χ0v) is 15.2. The van der Waals surface area contributed by atoms with Crippen LogP contribution in [0.4, 0.5) is 5.69 Å². The molecule has 134 valence electrons. The number of halogens is 1. The topological polar surface area (TPSA) is 59.6 Å². The molecule has 1 atom stereocenters. The van der Waals surface area contributed by atoms with Gasteiger partial charge in [0.2, 0.25) is 5.91 Å². The molecule has 1 amide bonds. The van der Waals surface area contributed by atoms with E-state index in [9.17, 15) is 4.79 Å². The molecule has 0 aromatic heterocycles. The van der Waals surface area contributed by atoms with Crippen LogP contribution >= 0.6 is 11.6 Å². The van der Waals surface area contributed by atoms with Crippen molar-refractivity contribution in [1.29, 1.82) is 0 Å². The number of benzene rings is 2. The third-order valence-electron chi connectivity index (χ3n) is 3.61. The van der Waals surface area contributed by atoms with E-state index in [2.05, 4.69) is 10.6 Å². The van der Waals surface area contributed by atoms with Crippen LogP contribution in [0.1, 0.15) is 12.5 Å². The Morgan fingerprint density at radius 1 is 1.12 bits per heavy atom. The SMILES string of the molecule is COCCOc1ccccc1NC(C)C(=O)NCc1ccccc1Cl. The number of hydrogen-bond donors (Lipinski definition) is 2. The van der Waals surface area contributed by atoms with Gasteiger partial charge in [-0.1, -0.05) is 41.9 Å². The summed E-state index contributed by atoms with van der Waals surface area (Å²) in [5.74, 6) is 0.567. The molecule has 2 rings (SSSR count). The van der Waals surface area contributed by atoms with Gasteiger partial charge in [-0.05, 0) is 30.7 Å². The maximum absolute atomic E-state index is 12.3. The second-order valence-corrected chi connectivity index (χ2v) is 5.92. The van der Waals surface area contributed by atoms with E-state index < -0.39 is 6.04 Å². The fourth-order valence-corrected chi connectivity index (χ4v) is 2.43. The second kappa shape index (κ2) is 9.91. The second-order valence-electron chi connectivity index (χ2n) is 5.51. The van der Waals surface area contributed by atoms with E-state index in [1.54, 1.807) is 20.1 Å². The number of carbonyl (C=O) groups excluding carboxylic acids is 1. The highest BCUT2D eigenvalue weighted by molar-refractivity contribution is 6.31. The molecule has 0 bridgehead atoms. The van der Waals surface area contributed by atoms with E-state index >= 15 is 0 Å². The fourth-order valence-electron chi connectivity index (χ4n) is 2.22. The number of anilines is 1.